The van der Waals surface area contributed by atoms with E-state index in [4.69, 9.17) is 4.74 Å². The van der Waals surface area contributed by atoms with E-state index in [0.29, 0.717) is 13.2 Å². The van der Waals surface area contributed by atoms with Gasteiger partial charge in [-0.05, 0) is 22.8 Å². The van der Waals surface area contributed by atoms with Crippen LogP contribution in [0.2, 0.25) is 0 Å². The quantitative estimate of drug-likeness (QED) is 0.689. The Hall–Kier alpha value is -1.67. The molecule has 0 saturated carbocycles. The molecule has 1 aliphatic heterocycles. The highest BCUT2D eigenvalue weighted by atomic mass is 16.5. The predicted molar refractivity (Wildman–Crippen MR) is 57.3 cm³/mol. The number of ether oxygens (including phenoxy) is 1. The van der Waals surface area contributed by atoms with Crippen LogP contribution in [0.15, 0.2) is 47.6 Å². The van der Waals surface area contributed by atoms with E-state index in [1.807, 2.05) is 30.3 Å². The second-order valence-electron chi connectivity index (χ2n) is 3.75. The second kappa shape index (κ2) is 3.17. The fourth-order valence-corrected chi connectivity index (χ4v) is 2.10. The Labute approximate surface area is 87.9 Å². The van der Waals surface area contributed by atoms with E-state index in [0.717, 1.165) is 22.3 Å². The van der Waals surface area contributed by atoms with Crippen molar-refractivity contribution < 1.29 is 9.53 Å². The van der Waals surface area contributed by atoms with E-state index in [2.05, 4.69) is 0 Å². The van der Waals surface area contributed by atoms with Crippen molar-refractivity contribution >= 4 is 11.4 Å². The molecule has 0 atom stereocenters. The number of carbonyl (C=O) groups is 1. The number of carbonyl (C=O) groups excluding carboxylic acids is 1. The predicted octanol–water partition coefficient (Wildman–Crippen LogP) is 1.98. The molecule has 0 aromatic heterocycles. The summed E-state index contributed by atoms with van der Waals surface area (Å²) < 4.78 is 5.33. The van der Waals surface area contributed by atoms with Crippen LogP contribution >= 0.6 is 0 Å². The van der Waals surface area contributed by atoms with Gasteiger partial charge in [0, 0.05) is 5.57 Å². The molecule has 1 fully saturated rings. The summed E-state index contributed by atoms with van der Waals surface area (Å²) in [5.41, 5.74) is 3.95. The minimum absolute atomic E-state index is 0.120. The van der Waals surface area contributed by atoms with E-state index in [1.54, 1.807) is 6.08 Å². The van der Waals surface area contributed by atoms with Crippen molar-refractivity contribution in [3.63, 3.8) is 0 Å². The molecule has 0 unspecified atom stereocenters. The second-order valence-corrected chi connectivity index (χ2v) is 3.75. The fourth-order valence-electron chi connectivity index (χ4n) is 2.10. The molecular formula is C13H10O2. The van der Waals surface area contributed by atoms with Gasteiger partial charge in [-0.15, -0.1) is 0 Å². The van der Waals surface area contributed by atoms with Gasteiger partial charge in [0.15, 0.2) is 5.78 Å². The van der Waals surface area contributed by atoms with Crippen LogP contribution in [0.5, 0.6) is 0 Å². The Morgan fingerprint density at radius 3 is 2.67 bits per heavy atom. The zero-order chi connectivity index (χ0) is 10.3. The average Bonchev–Trinajstić information content (AvgIpc) is 2.78. The van der Waals surface area contributed by atoms with Crippen LogP contribution < -0.4 is 0 Å². The molecule has 0 spiro atoms. The van der Waals surface area contributed by atoms with Crippen LogP contribution in [0.25, 0.3) is 5.57 Å². The first-order valence-corrected chi connectivity index (χ1v) is 4.98. The van der Waals surface area contributed by atoms with Crippen LogP contribution in [0.4, 0.5) is 0 Å². The molecule has 1 aromatic carbocycles. The van der Waals surface area contributed by atoms with Gasteiger partial charge in [0.2, 0.25) is 0 Å². The molecule has 1 saturated heterocycles. The van der Waals surface area contributed by atoms with Crippen molar-refractivity contribution in [1.29, 1.82) is 0 Å². The first-order valence-electron chi connectivity index (χ1n) is 4.98. The zero-order valence-electron chi connectivity index (χ0n) is 8.19. The Morgan fingerprint density at radius 1 is 1.07 bits per heavy atom. The van der Waals surface area contributed by atoms with E-state index < -0.39 is 0 Å². The summed E-state index contributed by atoms with van der Waals surface area (Å²) in [5.74, 6) is 0.120. The molecule has 2 nitrogen and oxygen atoms in total. The number of rotatable bonds is 1. The highest BCUT2D eigenvalue weighted by Crippen LogP contribution is 2.34. The van der Waals surface area contributed by atoms with Gasteiger partial charge in [0.1, 0.15) is 0 Å². The third kappa shape index (κ3) is 1.26. The monoisotopic (exact) mass is 198 g/mol. The van der Waals surface area contributed by atoms with E-state index in [-0.39, 0.29) is 5.78 Å². The fraction of sp³-hybridized carbons (Fsp3) is 0.154. The number of benzene rings is 1. The summed E-state index contributed by atoms with van der Waals surface area (Å²) in [7, 11) is 0. The third-order valence-electron chi connectivity index (χ3n) is 2.81. The SMILES string of the molecule is O=C1C=C2COCC2=C1c1ccccc1. The lowest BCUT2D eigenvalue weighted by molar-refractivity contribution is -0.109. The highest BCUT2D eigenvalue weighted by Gasteiger charge is 2.29. The Balaban J connectivity index is 2.14. The molecule has 2 aliphatic rings. The summed E-state index contributed by atoms with van der Waals surface area (Å²) in [4.78, 5) is 11.8. The van der Waals surface area contributed by atoms with Gasteiger partial charge in [0.05, 0.1) is 13.2 Å². The van der Waals surface area contributed by atoms with Crippen LogP contribution in [0, 0.1) is 0 Å². The number of ketones is 1. The molecule has 0 amide bonds. The Kier molecular flexibility index (Phi) is 1.82. The van der Waals surface area contributed by atoms with Gasteiger partial charge in [-0.25, -0.2) is 0 Å². The zero-order valence-corrected chi connectivity index (χ0v) is 8.19. The smallest absolute Gasteiger partial charge is 0.187 e. The topological polar surface area (TPSA) is 26.3 Å². The summed E-state index contributed by atoms with van der Waals surface area (Å²) in [6, 6.07) is 9.78. The Bertz CT molecular complexity index is 481. The summed E-state index contributed by atoms with van der Waals surface area (Å²) in [6.45, 7) is 1.15. The minimum Gasteiger partial charge on any atom is -0.372 e. The van der Waals surface area contributed by atoms with Gasteiger partial charge in [0.25, 0.3) is 0 Å². The van der Waals surface area contributed by atoms with Crippen LogP contribution in [-0.4, -0.2) is 19.0 Å². The molecule has 15 heavy (non-hydrogen) atoms. The number of fused-ring (bicyclic) bond motifs is 1. The van der Waals surface area contributed by atoms with Gasteiger partial charge in [-0.2, -0.15) is 0 Å². The van der Waals surface area contributed by atoms with E-state index in [1.165, 1.54) is 0 Å². The van der Waals surface area contributed by atoms with Crippen molar-refractivity contribution in [2.45, 2.75) is 0 Å². The van der Waals surface area contributed by atoms with Crippen molar-refractivity contribution in [3.8, 4) is 0 Å². The maximum absolute atomic E-state index is 11.8. The van der Waals surface area contributed by atoms with Crippen molar-refractivity contribution in [3.05, 3.63) is 53.1 Å². The molecule has 0 N–H and O–H groups in total. The van der Waals surface area contributed by atoms with Crippen molar-refractivity contribution in [1.82, 2.24) is 0 Å². The normalized spacial score (nSPS) is 19.5. The van der Waals surface area contributed by atoms with E-state index in [9.17, 15) is 4.79 Å². The molecule has 0 radical (unpaired) electrons. The number of allylic oxidation sites excluding steroid dienone is 2. The maximum Gasteiger partial charge on any atom is 0.187 e. The molecule has 1 heterocycles. The highest BCUT2D eigenvalue weighted by molar-refractivity contribution is 6.30. The van der Waals surface area contributed by atoms with Crippen molar-refractivity contribution in [2.75, 3.05) is 13.2 Å². The van der Waals surface area contributed by atoms with Crippen LogP contribution in [-0.2, 0) is 9.53 Å². The number of hydrogen-bond acceptors (Lipinski definition) is 2. The van der Waals surface area contributed by atoms with Crippen LogP contribution in [0.3, 0.4) is 0 Å². The molecule has 2 heteroatoms. The van der Waals surface area contributed by atoms with Gasteiger partial charge >= 0.3 is 0 Å². The number of hydrogen-bond donors (Lipinski definition) is 0. The molecule has 1 aliphatic carbocycles. The first-order chi connectivity index (χ1) is 7.36. The first kappa shape index (κ1) is 8.62. The molecular weight excluding hydrogens is 188 g/mol. The maximum atomic E-state index is 11.8. The summed E-state index contributed by atoms with van der Waals surface area (Å²) in [5, 5.41) is 0. The average molecular weight is 198 g/mol. The lowest BCUT2D eigenvalue weighted by Crippen LogP contribution is -1.97. The molecule has 1 aromatic rings. The molecule has 3 rings (SSSR count). The lowest BCUT2D eigenvalue weighted by atomic mass is 10.0. The summed E-state index contributed by atoms with van der Waals surface area (Å²) in [6.07, 6.45) is 1.70. The lowest BCUT2D eigenvalue weighted by Gasteiger charge is -2.03. The molecule has 0 bridgehead atoms. The van der Waals surface area contributed by atoms with Gasteiger partial charge in [-0.3, -0.25) is 4.79 Å². The van der Waals surface area contributed by atoms with Crippen LogP contribution in [0.1, 0.15) is 5.56 Å². The van der Waals surface area contributed by atoms with Gasteiger partial charge < -0.3 is 4.74 Å². The van der Waals surface area contributed by atoms with E-state index >= 15 is 0 Å². The molecule has 74 valence electrons. The van der Waals surface area contributed by atoms with Gasteiger partial charge in [-0.1, -0.05) is 30.3 Å². The largest absolute Gasteiger partial charge is 0.372 e. The van der Waals surface area contributed by atoms with Crippen molar-refractivity contribution in [2.24, 2.45) is 0 Å². The Morgan fingerprint density at radius 2 is 1.87 bits per heavy atom. The standard InChI is InChI=1S/C13H10O2/c14-12-6-10-7-15-8-11(10)13(12)9-4-2-1-3-5-9/h1-6H,7-8H2. The minimum atomic E-state index is 0.120. The summed E-state index contributed by atoms with van der Waals surface area (Å²) >= 11 is 0. The third-order valence-corrected chi connectivity index (χ3v) is 2.81.